The maximum Gasteiger partial charge on any atom is 0.343 e. The first-order valence-electron chi connectivity index (χ1n) is 8.66. The molecule has 23 heavy (non-hydrogen) atoms. The van der Waals surface area contributed by atoms with Crippen molar-refractivity contribution in [2.75, 3.05) is 13.2 Å². The summed E-state index contributed by atoms with van der Waals surface area (Å²) in [6.45, 7) is 4.41. The average molecular weight is 351 g/mol. The van der Waals surface area contributed by atoms with E-state index < -0.39 is 23.9 Å². The van der Waals surface area contributed by atoms with Crippen LogP contribution in [0.3, 0.4) is 0 Å². The highest BCUT2D eigenvalue weighted by Gasteiger charge is 2.59. The number of rotatable bonds is 10. The molecule has 0 heterocycles. The van der Waals surface area contributed by atoms with Crippen molar-refractivity contribution in [2.45, 2.75) is 83.0 Å². The van der Waals surface area contributed by atoms with Crippen molar-refractivity contribution in [3.63, 3.8) is 0 Å². The van der Waals surface area contributed by atoms with Crippen LogP contribution in [0.15, 0.2) is 0 Å². The summed E-state index contributed by atoms with van der Waals surface area (Å²) in [6.07, 6.45) is 5.39. The third-order valence-corrected chi connectivity index (χ3v) is 6.81. The van der Waals surface area contributed by atoms with E-state index in [1.807, 2.05) is 13.8 Å². The molecule has 1 saturated carbocycles. The van der Waals surface area contributed by atoms with Gasteiger partial charge in [-0.15, -0.1) is 0 Å². The van der Waals surface area contributed by atoms with Crippen LogP contribution in [0.25, 0.3) is 0 Å². The number of nitrogens with zero attached hydrogens (tertiary/aromatic N) is 1. The van der Waals surface area contributed by atoms with Crippen molar-refractivity contribution in [1.82, 2.24) is 0 Å². The van der Waals surface area contributed by atoms with E-state index in [4.69, 9.17) is 9.05 Å². The molecule has 1 fully saturated rings. The first-order valence-corrected chi connectivity index (χ1v) is 10.3. The van der Waals surface area contributed by atoms with Gasteiger partial charge in [0.1, 0.15) is 0 Å². The average Bonchev–Trinajstić information content (AvgIpc) is 2.71. The lowest BCUT2D eigenvalue weighted by Crippen LogP contribution is -2.49. The molecule has 0 aliphatic heterocycles. The van der Waals surface area contributed by atoms with Gasteiger partial charge in [-0.3, -0.25) is 14.7 Å². The summed E-state index contributed by atoms with van der Waals surface area (Å²) in [4.78, 5) is 10.8. The van der Waals surface area contributed by atoms with E-state index in [1.54, 1.807) is 0 Å². The zero-order valence-corrected chi connectivity index (χ0v) is 15.1. The summed E-state index contributed by atoms with van der Waals surface area (Å²) in [6, 6.07) is 0. The van der Waals surface area contributed by atoms with Crippen molar-refractivity contribution in [2.24, 2.45) is 0 Å². The Morgan fingerprint density at radius 2 is 1.74 bits per heavy atom. The van der Waals surface area contributed by atoms with Gasteiger partial charge in [0, 0.05) is 6.42 Å². The first-order chi connectivity index (χ1) is 10.9. The normalized spacial score (nSPS) is 26.0. The van der Waals surface area contributed by atoms with E-state index in [9.17, 15) is 19.8 Å². The van der Waals surface area contributed by atoms with Crippen LogP contribution in [-0.4, -0.2) is 34.6 Å². The second kappa shape index (κ2) is 9.72. The van der Waals surface area contributed by atoms with Crippen LogP contribution in [-0.2, 0) is 13.6 Å². The maximum absolute atomic E-state index is 13.3. The van der Waals surface area contributed by atoms with Crippen LogP contribution in [0.5, 0.6) is 0 Å². The highest BCUT2D eigenvalue weighted by atomic mass is 31.2. The molecule has 1 aliphatic carbocycles. The number of hydrogen-bond donors (Lipinski definition) is 1. The van der Waals surface area contributed by atoms with Crippen molar-refractivity contribution >= 4 is 7.60 Å². The summed E-state index contributed by atoms with van der Waals surface area (Å²) in [7, 11) is -3.75. The third kappa shape index (κ3) is 5.52. The Balaban J connectivity index is 3.03. The predicted molar refractivity (Wildman–Crippen MR) is 88.1 cm³/mol. The highest BCUT2D eigenvalue weighted by Crippen LogP contribution is 2.60. The Morgan fingerprint density at radius 3 is 2.22 bits per heavy atom. The van der Waals surface area contributed by atoms with Gasteiger partial charge in [-0.05, 0) is 25.7 Å². The number of nitro groups is 1. The van der Waals surface area contributed by atoms with Gasteiger partial charge >= 0.3 is 13.3 Å². The monoisotopic (exact) mass is 351 g/mol. The van der Waals surface area contributed by atoms with Crippen LogP contribution in [0.1, 0.15) is 71.6 Å². The smallest absolute Gasteiger partial charge is 0.330 e. The molecule has 0 spiro atoms. The molecule has 0 bridgehead atoms. The van der Waals surface area contributed by atoms with Crippen LogP contribution in [0.2, 0.25) is 0 Å². The highest BCUT2D eigenvalue weighted by molar-refractivity contribution is 7.54. The second-order valence-electron chi connectivity index (χ2n) is 6.16. The summed E-state index contributed by atoms with van der Waals surface area (Å²) in [5.74, 6) is 0. The molecule has 1 N–H and O–H groups in total. The molecule has 1 rings (SSSR count). The number of unbranched alkanes of at least 4 members (excludes halogenated alkanes) is 2. The summed E-state index contributed by atoms with van der Waals surface area (Å²) < 4.78 is 24.3. The number of hydrogen-bond acceptors (Lipinski definition) is 6. The summed E-state index contributed by atoms with van der Waals surface area (Å²) >= 11 is 0. The number of aliphatic hydroxyl groups is 1. The minimum atomic E-state index is -3.75. The summed E-state index contributed by atoms with van der Waals surface area (Å²) in [5.41, 5.74) is -3.33. The molecule has 7 nitrogen and oxygen atoms in total. The van der Waals surface area contributed by atoms with Crippen molar-refractivity contribution in [3.05, 3.63) is 10.1 Å². The van der Waals surface area contributed by atoms with Gasteiger partial charge in [-0.25, -0.2) is 0 Å². The molecular weight excluding hydrogens is 321 g/mol. The molecule has 0 aromatic heterocycles. The molecule has 136 valence electrons. The van der Waals surface area contributed by atoms with Crippen LogP contribution in [0, 0.1) is 10.1 Å². The lowest BCUT2D eigenvalue weighted by molar-refractivity contribution is -0.625. The molecule has 8 heteroatoms. The van der Waals surface area contributed by atoms with E-state index >= 15 is 0 Å². The fourth-order valence-corrected chi connectivity index (χ4v) is 5.24. The quantitative estimate of drug-likeness (QED) is 0.159. The van der Waals surface area contributed by atoms with Crippen LogP contribution in [0.4, 0.5) is 0 Å². The molecule has 0 aromatic carbocycles. The second-order valence-corrected chi connectivity index (χ2v) is 8.38. The van der Waals surface area contributed by atoms with E-state index in [2.05, 4.69) is 0 Å². The van der Waals surface area contributed by atoms with Crippen molar-refractivity contribution in [1.29, 1.82) is 0 Å². The van der Waals surface area contributed by atoms with E-state index in [-0.39, 0.29) is 26.1 Å². The zero-order valence-electron chi connectivity index (χ0n) is 14.2. The molecule has 0 saturated heterocycles. The van der Waals surface area contributed by atoms with Gasteiger partial charge < -0.3 is 14.2 Å². The lowest BCUT2D eigenvalue weighted by Gasteiger charge is -2.32. The predicted octanol–water partition coefficient (Wildman–Crippen LogP) is 4.11. The zero-order chi connectivity index (χ0) is 17.3. The van der Waals surface area contributed by atoms with Crippen LogP contribution < -0.4 is 0 Å². The lowest BCUT2D eigenvalue weighted by atomic mass is 10.1. The first kappa shape index (κ1) is 20.6. The van der Waals surface area contributed by atoms with Gasteiger partial charge in [-0.1, -0.05) is 39.5 Å². The minimum Gasteiger partial charge on any atom is -0.330 e. The standard InChI is InChI=1S/C15H30NO6P/c1-3-5-12-21-23(20,22-13-6-4-2)14-10-8-7-9-11-15(14,17)16(18)19/h14,17H,3-13H2,1-2H3. The van der Waals surface area contributed by atoms with Crippen molar-refractivity contribution < 1.29 is 23.6 Å². The minimum absolute atomic E-state index is 0.0110. The molecular formula is C15H30NO6P. The Kier molecular flexibility index (Phi) is 8.69. The topological polar surface area (TPSA) is 98.9 Å². The van der Waals surface area contributed by atoms with Gasteiger partial charge in [0.2, 0.25) is 0 Å². The molecule has 1 aliphatic rings. The fourth-order valence-electron chi connectivity index (χ4n) is 2.81. The van der Waals surface area contributed by atoms with E-state index in [1.165, 1.54) is 0 Å². The van der Waals surface area contributed by atoms with E-state index in [0.717, 1.165) is 19.3 Å². The van der Waals surface area contributed by atoms with Gasteiger partial charge in [0.25, 0.3) is 0 Å². The molecule has 0 aromatic rings. The van der Waals surface area contributed by atoms with Gasteiger partial charge in [0.15, 0.2) is 5.66 Å². The Labute approximate surface area is 138 Å². The SMILES string of the molecule is CCCCOP(=O)(OCCCC)C1CCCCCC1(O)[N+](=O)[O-]. The molecule has 2 unspecified atom stereocenters. The Bertz CT molecular complexity index is 405. The Hall–Kier alpha value is -0.490. The van der Waals surface area contributed by atoms with Crippen molar-refractivity contribution in [3.8, 4) is 0 Å². The van der Waals surface area contributed by atoms with E-state index in [0.29, 0.717) is 25.7 Å². The largest absolute Gasteiger partial charge is 0.343 e. The fraction of sp³-hybridized carbons (Fsp3) is 1.00. The molecule has 0 radical (unpaired) electrons. The van der Waals surface area contributed by atoms with Crippen LogP contribution >= 0.6 is 7.60 Å². The third-order valence-electron chi connectivity index (χ3n) is 4.29. The molecule has 2 atom stereocenters. The van der Waals surface area contributed by atoms with Gasteiger partial charge in [0.05, 0.1) is 18.1 Å². The molecule has 0 amide bonds. The van der Waals surface area contributed by atoms with Gasteiger partial charge in [-0.2, -0.15) is 0 Å². The maximum atomic E-state index is 13.3. The Morgan fingerprint density at radius 1 is 1.17 bits per heavy atom. The summed E-state index contributed by atoms with van der Waals surface area (Å²) in [5, 5.41) is 22.1.